The normalized spacial score (nSPS) is 11.0. The number of fused-ring (bicyclic) bond motifs is 1. The van der Waals surface area contributed by atoms with Crippen LogP contribution in [-0.4, -0.2) is 14.1 Å². The van der Waals surface area contributed by atoms with Crippen molar-refractivity contribution in [1.82, 2.24) is 14.1 Å². The fourth-order valence-electron chi connectivity index (χ4n) is 3.25. The molecule has 2 heterocycles. The van der Waals surface area contributed by atoms with Gasteiger partial charge >= 0.3 is 5.69 Å². The van der Waals surface area contributed by atoms with Crippen LogP contribution in [0.4, 0.5) is 0 Å². The van der Waals surface area contributed by atoms with Gasteiger partial charge in [0.25, 0.3) is 5.56 Å². The second-order valence-electron chi connectivity index (χ2n) is 6.56. The third kappa shape index (κ3) is 3.62. The number of benzene rings is 2. The molecule has 2 aromatic heterocycles. The van der Waals surface area contributed by atoms with E-state index in [0.29, 0.717) is 35.6 Å². The predicted molar refractivity (Wildman–Crippen MR) is 111 cm³/mol. The Bertz CT molecular complexity index is 1230. The minimum atomic E-state index is -0.358. The summed E-state index contributed by atoms with van der Waals surface area (Å²) < 4.78 is 2.87. The molecule has 0 aliphatic carbocycles. The second-order valence-corrected chi connectivity index (χ2v) is 7.00. The van der Waals surface area contributed by atoms with Crippen LogP contribution in [0.5, 0.6) is 0 Å². The zero-order valence-electron chi connectivity index (χ0n) is 15.1. The highest BCUT2D eigenvalue weighted by Crippen LogP contribution is 2.12. The molecule has 0 N–H and O–H groups in total. The Hall–Kier alpha value is -3.18. The van der Waals surface area contributed by atoms with E-state index >= 15 is 0 Å². The molecule has 6 heteroatoms. The maximum atomic E-state index is 13.2. The highest BCUT2D eigenvalue weighted by atomic mass is 35.5. The fraction of sp³-hybridized carbons (Fsp3) is 0.136. The van der Waals surface area contributed by atoms with Gasteiger partial charge in [-0.1, -0.05) is 54.1 Å². The standard InChI is InChI=1S/C22H18ClN3O2/c23-18-10-8-17(9-11-18)15-26-19-7-4-13-24-20(19)21(27)25(22(26)28)14-12-16-5-2-1-3-6-16/h1-11,13H,12,14-15H2. The van der Waals surface area contributed by atoms with Crippen LogP contribution in [0, 0.1) is 0 Å². The molecular formula is C22H18ClN3O2. The van der Waals surface area contributed by atoms with Gasteiger partial charge in [-0.3, -0.25) is 13.9 Å². The molecule has 4 rings (SSSR count). The highest BCUT2D eigenvalue weighted by molar-refractivity contribution is 6.30. The monoisotopic (exact) mass is 391 g/mol. The first-order valence-corrected chi connectivity index (χ1v) is 9.38. The number of hydrogen-bond acceptors (Lipinski definition) is 3. The first kappa shape index (κ1) is 18.2. The van der Waals surface area contributed by atoms with Crippen LogP contribution in [0.25, 0.3) is 11.0 Å². The summed E-state index contributed by atoms with van der Waals surface area (Å²) >= 11 is 5.96. The van der Waals surface area contributed by atoms with Crippen LogP contribution in [0.3, 0.4) is 0 Å². The lowest BCUT2D eigenvalue weighted by atomic mass is 10.1. The van der Waals surface area contributed by atoms with Crippen molar-refractivity contribution in [3.63, 3.8) is 0 Å². The van der Waals surface area contributed by atoms with Gasteiger partial charge in [-0.05, 0) is 41.8 Å². The van der Waals surface area contributed by atoms with Gasteiger partial charge in [-0.2, -0.15) is 0 Å². The molecule has 0 radical (unpaired) electrons. The first-order valence-electron chi connectivity index (χ1n) is 9.00. The Morgan fingerprint density at radius 2 is 1.57 bits per heavy atom. The van der Waals surface area contributed by atoms with Gasteiger partial charge in [-0.25, -0.2) is 9.78 Å². The third-order valence-electron chi connectivity index (χ3n) is 4.71. The van der Waals surface area contributed by atoms with Gasteiger partial charge < -0.3 is 0 Å². The van der Waals surface area contributed by atoms with Crippen LogP contribution >= 0.6 is 11.6 Å². The summed E-state index contributed by atoms with van der Waals surface area (Å²) in [4.78, 5) is 30.3. The Labute approximate surface area is 166 Å². The Kier molecular flexibility index (Phi) is 5.08. The smallest absolute Gasteiger partial charge is 0.287 e. The van der Waals surface area contributed by atoms with Crippen LogP contribution in [-0.2, 0) is 19.5 Å². The van der Waals surface area contributed by atoms with Gasteiger partial charge in [0.15, 0.2) is 5.52 Å². The molecule has 0 fully saturated rings. The molecule has 2 aromatic carbocycles. The third-order valence-corrected chi connectivity index (χ3v) is 4.96. The van der Waals surface area contributed by atoms with Crippen LogP contribution < -0.4 is 11.2 Å². The van der Waals surface area contributed by atoms with Gasteiger partial charge in [-0.15, -0.1) is 0 Å². The molecule has 0 saturated carbocycles. The van der Waals surface area contributed by atoms with Crippen molar-refractivity contribution in [3.05, 3.63) is 110 Å². The number of nitrogens with zero attached hydrogens (tertiary/aromatic N) is 3. The van der Waals surface area contributed by atoms with Gasteiger partial charge in [0.1, 0.15) is 0 Å². The van der Waals surface area contributed by atoms with E-state index in [1.165, 1.54) is 4.57 Å². The molecule has 0 aliphatic heterocycles. The van der Waals surface area contributed by atoms with E-state index in [0.717, 1.165) is 11.1 Å². The minimum Gasteiger partial charge on any atom is -0.287 e. The van der Waals surface area contributed by atoms with Crippen molar-refractivity contribution in [1.29, 1.82) is 0 Å². The summed E-state index contributed by atoms with van der Waals surface area (Å²) in [5.74, 6) is 0. The van der Waals surface area contributed by atoms with Crippen molar-refractivity contribution in [3.8, 4) is 0 Å². The number of pyridine rings is 1. The second kappa shape index (κ2) is 7.82. The topological polar surface area (TPSA) is 56.9 Å². The van der Waals surface area contributed by atoms with E-state index in [2.05, 4.69) is 4.98 Å². The molecule has 0 bridgehead atoms. The first-order chi connectivity index (χ1) is 13.6. The number of aryl methyl sites for hydroxylation is 1. The zero-order valence-corrected chi connectivity index (χ0v) is 15.8. The fourth-order valence-corrected chi connectivity index (χ4v) is 3.38. The van der Waals surface area contributed by atoms with E-state index in [9.17, 15) is 9.59 Å². The summed E-state index contributed by atoms with van der Waals surface area (Å²) in [6.07, 6.45) is 2.16. The summed E-state index contributed by atoms with van der Waals surface area (Å²) in [6, 6.07) is 20.6. The molecule has 28 heavy (non-hydrogen) atoms. The maximum Gasteiger partial charge on any atom is 0.331 e. The Morgan fingerprint density at radius 1 is 0.821 bits per heavy atom. The molecule has 0 spiro atoms. The number of aromatic nitrogens is 3. The predicted octanol–water partition coefficient (Wildman–Crippen LogP) is 3.50. The molecule has 0 aliphatic rings. The quantitative estimate of drug-likeness (QED) is 0.523. The Morgan fingerprint density at radius 3 is 2.32 bits per heavy atom. The van der Waals surface area contributed by atoms with Crippen molar-refractivity contribution in [2.45, 2.75) is 19.5 Å². The number of rotatable bonds is 5. The minimum absolute atomic E-state index is 0.295. The molecule has 5 nitrogen and oxygen atoms in total. The molecular weight excluding hydrogens is 374 g/mol. The molecule has 0 amide bonds. The van der Waals surface area contributed by atoms with Crippen LogP contribution in [0.1, 0.15) is 11.1 Å². The summed E-state index contributed by atoms with van der Waals surface area (Å²) in [5, 5.41) is 0.635. The van der Waals surface area contributed by atoms with Crippen molar-refractivity contribution < 1.29 is 0 Å². The van der Waals surface area contributed by atoms with Gasteiger partial charge in [0, 0.05) is 17.8 Å². The van der Waals surface area contributed by atoms with E-state index in [1.807, 2.05) is 42.5 Å². The van der Waals surface area contributed by atoms with Crippen molar-refractivity contribution in [2.75, 3.05) is 0 Å². The lowest BCUT2D eigenvalue weighted by Gasteiger charge is -2.14. The van der Waals surface area contributed by atoms with E-state index in [-0.39, 0.29) is 11.2 Å². The lowest BCUT2D eigenvalue weighted by molar-refractivity contribution is 0.588. The van der Waals surface area contributed by atoms with Crippen molar-refractivity contribution in [2.24, 2.45) is 0 Å². The molecule has 0 saturated heterocycles. The summed E-state index contributed by atoms with van der Waals surface area (Å²) in [5.41, 5.74) is 2.12. The average Bonchev–Trinajstić information content (AvgIpc) is 2.73. The number of hydrogen-bond donors (Lipinski definition) is 0. The molecule has 4 aromatic rings. The van der Waals surface area contributed by atoms with Gasteiger partial charge in [0.05, 0.1) is 12.1 Å². The van der Waals surface area contributed by atoms with Gasteiger partial charge in [0.2, 0.25) is 0 Å². The van der Waals surface area contributed by atoms with Crippen molar-refractivity contribution >= 4 is 22.6 Å². The van der Waals surface area contributed by atoms with E-state index in [1.54, 1.807) is 35.0 Å². The largest absolute Gasteiger partial charge is 0.331 e. The van der Waals surface area contributed by atoms with E-state index in [4.69, 9.17) is 11.6 Å². The summed E-state index contributed by atoms with van der Waals surface area (Å²) in [6.45, 7) is 0.638. The molecule has 140 valence electrons. The average molecular weight is 392 g/mol. The zero-order chi connectivity index (χ0) is 19.5. The lowest BCUT2D eigenvalue weighted by Crippen LogP contribution is -2.41. The SMILES string of the molecule is O=c1c2ncccc2n(Cc2ccc(Cl)cc2)c(=O)n1CCc1ccccc1. The maximum absolute atomic E-state index is 13.2. The molecule has 0 unspecified atom stereocenters. The van der Waals surface area contributed by atoms with Crippen LogP contribution in [0.2, 0.25) is 5.02 Å². The van der Waals surface area contributed by atoms with Crippen LogP contribution in [0.15, 0.2) is 82.5 Å². The number of halogens is 1. The Balaban J connectivity index is 1.80. The van der Waals surface area contributed by atoms with E-state index < -0.39 is 0 Å². The highest BCUT2D eigenvalue weighted by Gasteiger charge is 2.14. The summed E-state index contributed by atoms with van der Waals surface area (Å²) in [7, 11) is 0. The molecule has 0 atom stereocenters.